The molecule has 82 valence electrons. The number of carbonyl (C=O) groups excluding carboxylic acids is 1. The number of carbonyl (C=O) groups is 1. The van der Waals surface area contributed by atoms with Crippen LogP contribution < -0.4 is 5.32 Å². The van der Waals surface area contributed by atoms with E-state index in [0.717, 1.165) is 38.1 Å². The van der Waals surface area contributed by atoms with Crippen molar-refractivity contribution in [2.75, 3.05) is 6.54 Å². The number of hydrogen-bond acceptors (Lipinski definition) is 2. The van der Waals surface area contributed by atoms with Crippen LogP contribution >= 0.6 is 0 Å². The van der Waals surface area contributed by atoms with Gasteiger partial charge in [-0.05, 0) is 19.3 Å². The Balaban J connectivity index is 1.56. The van der Waals surface area contributed by atoms with Crippen molar-refractivity contribution < 1.29 is 4.79 Å². The van der Waals surface area contributed by atoms with Crippen molar-refractivity contribution >= 4 is 5.91 Å². The maximum atomic E-state index is 11.5. The number of amides is 1. The van der Waals surface area contributed by atoms with Gasteiger partial charge in [-0.3, -0.25) is 4.79 Å². The molecule has 0 aliphatic heterocycles. The van der Waals surface area contributed by atoms with E-state index in [1.54, 1.807) is 6.20 Å². The van der Waals surface area contributed by atoms with Crippen LogP contribution in [0.4, 0.5) is 0 Å². The first-order valence-corrected chi connectivity index (χ1v) is 5.62. The molecule has 1 amide bonds. The number of imidazole rings is 1. The van der Waals surface area contributed by atoms with Crippen molar-refractivity contribution in [3.63, 3.8) is 0 Å². The Morgan fingerprint density at radius 3 is 3.07 bits per heavy atom. The molecule has 1 heterocycles. The van der Waals surface area contributed by atoms with E-state index < -0.39 is 0 Å². The lowest BCUT2D eigenvalue weighted by molar-refractivity contribution is -0.127. The third-order valence-corrected chi connectivity index (χ3v) is 2.92. The summed E-state index contributed by atoms with van der Waals surface area (Å²) in [6.07, 6.45) is 8.78. The zero-order chi connectivity index (χ0) is 10.5. The second-order valence-electron chi connectivity index (χ2n) is 4.06. The van der Waals surface area contributed by atoms with Gasteiger partial charge in [0.25, 0.3) is 0 Å². The summed E-state index contributed by atoms with van der Waals surface area (Å²) >= 11 is 0. The summed E-state index contributed by atoms with van der Waals surface area (Å²) in [7, 11) is 0. The molecule has 1 aromatic rings. The van der Waals surface area contributed by atoms with Crippen LogP contribution in [0.25, 0.3) is 0 Å². The molecule has 4 heteroatoms. The third-order valence-electron chi connectivity index (χ3n) is 2.92. The highest BCUT2D eigenvalue weighted by Crippen LogP contribution is 2.25. The normalized spacial score (nSPS) is 16.0. The van der Waals surface area contributed by atoms with E-state index in [9.17, 15) is 4.79 Å². The monoisotopic (exact) mass is 207 g/mol. The number of rotatable bonds is 5. The molecule has 0 bridgehead atoms. The minimum absolute atomic E-state index is 0.237. The van der Waals surface area contributed by atoms with Crippen LogP contribution in [0.2, 0.25) is 0 Å². The highest BCUT2D eigenvalue weighted by atomic mass is 16.1. The predicted molar refractivity (Wildman–Crippen MR) is 57.3 cm³/mol. The number of H-pyrrole nitrogens is 1. The maximum Gasteiger partial charge on any atom is 0.223 e. The molecule has 0 atom stereocenters. The predicted octanol–water partition coefficient (Wildman–Crippen LogP) is 1.26. The Morgan fingerprint density at radius 1 is 1.60 bits per heavy atom. The zero-order valence-corrected chi connectivity index (χ0v) is 8.83. The quantitative estimate of drug-likeness (QED) is 0.714. The summed E-state index contributed by atoms with van der Waals surface area (Å²) in [6, 6.07) is 0. The molecule has 4 nitrogen and oxygen atoms in total. The molecule has 2 rings (SSSR count). The lowest BCUT2D eigenvalue weighted by Gasteiger charge is -2.23. The molecular formula is C11H17N3O. The summed E-state index contributed by atoms with van der Waals surface area (Å²) in [5.41, 5.74) is 0. The summed E-state index contributed by atoms with van der Waals surface area (Å²) in [6.45, 7) is 0.760. The van der Waals surface area contributed by atoms with Gasteiger partial charge in [-0.25, -0.2) is 4.98 Å². The average Bonchev–Trinajstić information content (AvgIpc) is 2.62. The van der Waals surface area contributed by atoms with E-state index in [0.29, 0.717) is 5.92 Å². The average molecular weight is 207 g/mol. The van der Waals surface area contributed by atoms with Gasteiger partial charge in [0.2, 0.25) is 5.91 Å². The Kier molecular flexibility index (Phi) is 3.37. The van der Waals surface area contributed by atoms with E-state index in [4.69, 9.17) is 0 Å². The first-order valence-electron chi connectivity index (χ1n) is 5.62. The summed E-state index contributed by atoms with van der Waals surface area (Å²) in [5.74, 6) is 1.53. The second-order valence-corrected chi connectivity index (χ2v) is 4.06. The van der Waals surface area contributed by atoms with Gasteiger partial charge in [-0.2, -0.15) is 0 Å². The highest BCUT2D eigenvalue weighted by Gasteiger charge is 2.24. The van der Waals surface area contributed by atoms with E-state index in [2.05, 4.69) is 15.3 Å². The van der Waals surface area contributed by atoms with Gasteiger partial charge < -0.3 is 10.3 Å². The summed E-state index contributed by atoms with van der Waals surface area (Å²) in [5, 5.41) is 2.97. The lowest BCUT2D eigenvalue weighted by atomic mass is 9.85. The number of aryl methyl sites for hydroxylation is 1. The van der Waals surface area contributed by atoms with Gasteiger partial charge >= 0.3 is 0 Å². The largest absolute Gasteiger partial charge is 0.356 e. The molecule has 1 saturated carbocycles. The summed E-state index contributed by atoms with van der Waals surface area (Å²) < 4.78 is 0. The van der Waals surface area contributed by atoms with Crippen LogP contribution in [-0.4, -0.2) is 22.4 Å². The Morgan fingerprint density at radius 2 is 2.47 bits per heavy atom. The van der Waals surface area contributed by atoms with Crippen LogP contribution in [0.1, 0.15) is 31.5 Å². The van der Waals surface area contributed by atoms with Gasteiger partial charge in [0.05, 0.1) is 0 Å². The number of nitrogens with zero attached hydrogens (tertiary/aromatic N) is 1. The number of nitrogens with one attached hydrogen (secondary N) is 2. The van der Waals surface area contributed by atoms with Gasteiger partial charge in [-0.15, -0.1) is 0 Å². The molecule has 1 fully saturated rings. The van der Waals surface area contributed by atoms with Crippen LogP contribution in [0.3, 0.4) is 0 Å². The Bertz CT molecular complexity index is 304. The molecule has 0 spiro atoms. The Labute approximate surface area is 89.5 Å². The lowest BCUT2D eigenvalue weighted by Crippen LogP contribution is -2.35. The first kappa shape index (κ1) is 10.2. The molecule has 0 radical (unpaired) electrons. The number of hydrogen-bond donors (Lipinski definition) is 2. The molecule has 0 unspecified atom stereocenters. The number of aromatic amines is 1. The molecule has 1 aliphatic carbocycles. The van der Waals surface area contributed by atoms with Crippen molar-refractivity contribution in [2.45, 2.75) is 32.1 Å². The topological polar surface area (TPSA) is 57.8 Å². The minimum Gasteiger partial charge on any atom is -0.356 e. The molecule has 15 heavy (non-hydrogen) atoms. The highest BCUT2D eigenvalue weighted by molar-refractivity contribution is 5.79. The fraction of sp³-hybridized carbons (Fsp3) is 0.636. The summed E-state index contributed by atoms with van der Waals surface area (Å²) in [4.78, 5) is 18.6. The maximum absolute atomic E-state index is 11.5. The molecule has 1 aromatic heterocycles. The van der Waals surface area contributed by atoms with Crippen molar-refractivity contribution in [3.05, 3.63) is 18.2 Å². The standard InChI is InChI=1S/C11H17N3O/c15-11(9-3-1-4-9)14-6-2-5-10-12-7-8-13-10/h7-9H,1-6H2,(H,12,13)(H,14,15). The van der Waals surface area contributed by atoms with Crippen molar-refractivity contribution in [1.82, 2.24) is 15.3 Å². The minimum atomic E-state index is 0.237. The van der Waals surface area contributed by atoms with Gasteiger partial charge in [0.1, 0.15) is 5.82 Å². The van der Waals surface area contributed by atoms with Crippen molar-refractivity contribution in [2.24, 2.45) is 5.92 Å². The zero-order valence-electron chi connectivity index (χ0n) is 8.83. The van der Waals surface area contributed by atoms with Crippen LogP contribution in [-0.2, 0) is 11.2 Å². The van der Waals surface area contributed by atoms with Crippen molar-refractivity contribution in [1.29, 1.82) is 0 Å². The molecular weight excluding hydrogens is 190 g/mol. The smallest absolute Gasteiger partial charge is 0.223 e. The van der Waals surface area contributed by atoms with E-state index >= 15 is 0 Å². The van der Waals surface area contributed by atoms with Gasteiger partial charge in [-0.1, -0.05) is 6.42 Å². The first-order chi connectivity index (χ1) is 7.36. The number of aromatic nitrogens is 2. The van der Waals surface area contributed by atoms with E-state index in [-0.39, 0.29) is 5.91 Å². The molecule has 0 saturated heterocycles. The molecule has 1 aliphatic rings. The Hall–Kier alpha value is -1.32. The SMILES string of the molecule is O=C(NCCCc1ncc[nH]1)C1CCC1. The van der Waals surface area contributed by atoms with Gasteiger partial charge in [0.15, 0.2) is 0 Å². The van der Waals surface area contributed by atoms with E-state index in [1.807, 2.05) is 6.20 Å². The fourth-order valence-electron chi connectivity index (χ4n) is 1.72. The van der Waals surface area contributed by atoms with E-state index in [1.165, 1.54) is 6.42 Å². The van der Waals surface area contributed by atoms with Crippen LogP contribution in [0.5, 0.6) is 0 Å². The fourth-order valence-corrected chi connectivity index (χ4v) is 1.72. The van der Waals surface area contributed by atoms with Crippen molar-refractivity contribution in [3.8, 4) is 0 Å². The van der Waals surface area contributed by atoms with Crippen LogP contribution in [0, 0.1) is 5.92 Å². The second kappa shape index (κ2) is 4.96. The van der Waals surface area contributed by atoms with Crippen LogP contribution in [0.15, 0.2) is 12.4 Å². The molecule has 2 N–H and O–H groups in total. The van der Waals surface area contributed by atoms with Gasteiger partial charge in [0, 0.05) is 31.3 Å². The molecule has 0 aromatic carbocycles. The third kappa shape index (κ3) is 2.81.